The second-order valence-electron chi connectivity index (χ2n) is 4.28. The Kier molecular flexibility index (Phi) is 3.68. The van der Waals surface area contributed by atoms with E-state index in [1.807, 2.05) is 6.92 Å². The van der Waals surface area contributed by atoms with Crippen molar-refractivity contribution >= 4 is 22.3 Å². The third-order valence-corrected chi connectivity index (χ3v) is 3.87. The van der Waals surface area contributed by atoms with Crippen LogP contribution < -0.4 is 10.2 Å². The van der Waals surface area contributed by atoms with Crippen molar-refractivity contribution in [3.8, 4) is 0 Å². The minimum Gasteiger partial charge on any atom is -0.476 e. The van der Waals surface area contributed by atoms with Crippen LogP contribution >= 0.6 is 11.3 Å². The fourth-order valence-corrected chi connectivity index (χ4v) is 2.86. The van der Waals surface area contributed by atoms with E-state index in [1.54, 1.807) is 4.90 Å². The lowest BCUT2D eigenvalue weighted by Crippen LogP contribution is -2.49. The highest BCUT2D eigenvalue weighted by Crippen LogP contribution is 2.38. The highest BCUT2D eigenvalue weighted by Gasteiger charge is 2.38. The lowest BCUT2D eigenvalue weighted by molar-refractivity contribution is -0.137. The van der Waals surface area contributed by atoms with Gasteiger partial charge in [0.05, 0.1) is 0 Å². The van der Waals surface area contributed by atoms with Crippen molar-refractivity contribution in [2.24, 2.45) is 0 Å². The monoisotopic (exact) mass is 295 g/mol. The minimum absolute atomic E-state index is 0.0770. The van der Waals surface area contributed by atoms with Gasteiger partial charge in [-0.1, -0.05) is 11.3 Å². The normalized spacial score (nSPS) is 20.6. The minimum atomic E-state index is -4.62. The van der Waals surface area contributed by atoms with Crippen LogP contribution in [0.15, 0.2) is 0 Å². The van der Waals surface area contributed by atoms with Gasteiger partial charge in [0.2, 0.25) is 5.01 Å². The highest BCUT2D eigenvalue weighted by molar-refractivity contribution is 7.16. The largest absolute Gasteiger partial charge is 0.476 e. The molecule has 0 radical (unpaired) electrons. The van der Waals surface area contributed by atoms with Crippen LogP contribution in [0.25, 0.3) is 0 Å². The van der Waals surface area contributed by atoms with Gasteiger partial charge in [0.25, 0.3) is 0 Å². The quantitative estimate of drug-likeness (QED) is 0.868. The third kappa shape index (κ3) is 2.98. The van der Waals surface area contributed by atoms with E-state index in [9.17, 15) is 18.0 Å². The molecule has 1 aliphatic rings. The first-order valence-corrected chi connectivity index (χ1v) is 6.40. The Morgan fingerprint density at radius 3 is 2.79 bits per heavy atom. The summed E-state index contributed by atoms with van der Waals surface area (Å²) in [6.45, 7) is 3.40. The van der Waals surface area contributed by atoms with Crippen LogP contribution in [-0.4, -0.2) is 41.7 Å². The van der Waals surface area contributed by atoms with Crippen LogP contribution in [0.3, 0.4) is 0 Å². The van der Waals surface area contributed by atoms with Gasteiger partial charge >= 0.3 is 12.1 Å². The zero-order valence-corrected chi connectivity index (χ0v) is 10.8. The number of carbonyl (C=O) groups is 1. The van der Waals surface area contributed by atoms with Crippen LogP contribution in [0.2, 0.25) is 0 Å². The molecule has 1 saturated heterocycles. The predicted molar refractivity (Wildman–Crippen MR) is 63.8 cm³/mol. The predicted octanol–water partition coefficient (Wildman–Crippen LogP) is 1.66. The number of aromatic carboxylic acids is 1. The fraction of sp³-hybridized carbons (Fsp3) is 0.600. The van der Waals surface area contributed by atoms with Gasteiger partial charge in [0.1, 0.15) is 5.00 Å². The maximum absolute atomic E-state index is 12.6. The molecular weight excluding hydrogens is 283 g/mol. The number of carboxylic acids is 1. The first-order valence-electron chi connectivity index (χ1n) is 5.58. The number of halogens is 3. The average molecular weight is 295 g/mol. The summed E-state index contributed by atoms with van der Waals surface area (Å²) in [5, 5.41) is 11.1. The number of nitrogens with zero attached hydrogens (tertiary/aromatic N) is 2. The van der Waals surface area contributed by atoms with Crippen molar-refractivity contribution in [1.29, 1.82) is 0 Å². The number of rotatable bonds is 2. The number of hydrogen-bond acceptors (Lipinski definition) is 5. The van der Waals surface area contributed by atoms with Crippen LogP contribution in [0.1, 0.15) is 22.4 Å². The number of nitrogens with one attached hydrogen (secondary N) is 1. The maximum Gasteiger partial charge on any atom is 0.443 e. The number of aromatic nitrogens is 1. The van der Waals surface area contributed by atoms with Gasteiger partial charge in [-0.15, -0.1) is 0 Å². The molecule has 5 nitrogen and oxygen atoms in total. The Labute approximate surface area is 111 Å². The van der Waals surface area contributed by atoms with Crippen LogP contribution in [-0.2, 0) is 6.18 Å². The van der Waals surface area contributed by atoms with Crippen molar-refractivity contribution in [2.45, 2.75) is 19.1 Å². The molecule has 19 heavy (non-hydrogen) atoms. The summed E-state index contributed by atoms with van der Waals surface area (Å²) < 4.78 is 37.8. The van der Waals surface area contributed by atoms with E-state index in [0.29, 0.717) is 31.0 Å². The van der Waals surface area contributed by atoms with Crippen molar-refractivity contribution < 1.29 is 23.1 Å². The Balaban J connectivity index is 2.37. The molecule has 0 bridgehead atoms. The molecule has 9 heteroatoms. The van der Waals surface area contributed by atoms with Gasteiger partial charge in [-0.25, -0.2) is 9.78 Å². The molecule has 1 aliphatic heterocycles. The standard InChI is InChI=1S/C10H12F3N3O2S/c1-5-4-16(3-2-14-5)7-6(8(17)18)15-9(19-7)10(11,12)13/h5,14H,2-4H2,1H3,(H,17,18)/t5-/m1/s1. The van der Waals surface area contributed by atoms with Crippen molar-refractivity contribution in [2.75, 3.05) is 24.5 Å². The highest BCUT2D eigenvalue weighted by atomic mass is 32.1. The maximum atomic E-state index is 12.6. The van der Waals surface area contributed by atoms with E-state index in [0.717, 1.165) is 0 Å². The number of alkyl halides is 3. The van der Waals surface area contributed by atoms with Crippen molar-refractivity contribution in [3.05, 3.63) is 10.7 Å². The molecule has 0 spiro atoms. The molecule has 1 aromatic rings. The molecule has 1 fully saturated rings. The molecular formula is C10H12F3N3O2S. The van der Waals surface area contributed by atoms with E-state index >= 15 is 0 Å². The Bertz CT molecular complexity index is 489. The summed E-state index contributed by atoms with van der Waals surface area (Å²) in [6, 6.07) is 0.0897. The molecule has 2 rings (SSSR count). The zero-order valence-electron chi connectivity index (χ0n) is 9.99. The van der Waals surface area contributed by atoms with Gasteiger partial charge < -0.3 is 15.3 Å². The molecule has 106 valence electrons. The summed E-state index contributed by atoms with van der Waals surface area (Å²) in [5.41, 5.74) is -0.522. The van der Waals surface area contributed by atoms with Crippen LogP contribution in [0.5, 0.6) is 0 Å². The van der Waals surface area contributed by atoms with Gasteiger partial charge in [-0.2, -0.15) is 13.2 Å². The van der Waals surface area contributed by atoms with E-state index in [1.165, 1.54) is 0 Å². The summed E-state index contributed by atoms with van der Waals surface area (Å²) >= 11 is 0.385. The molecule has 1 atom stereocenters. The number of anilines is 1. The second-order valence-corrected chi connectivity index (χ2v) is 5.25. The van der Waals surface area contributed by atoms with Gasteiger partial charge in [0.15, 0.2) is 5.69 Å². The van der Waals surface area contributed by atoms with Crippen LogP contribution in [0.4, 0.5) is 18.2 Å². The average Bonchev–Trinajstić information content (AvgIpc) is 2.73. The molecule has 2 N–H and O–H groups in total. The van der Waals surface area contributed by atoms with E-state index in [2.05, 4.69) is 10.3 Å². The van der Waals surface area contributed by atoms with E-state index in [4.69, 9.17) is 5.11 Å². The fourth-order valence-electron chi connectivity index (χ4n) is 1.90. The van der Waals surface area contributed by atoms with E-state index in [-0.39, 0.29) is 11.0 Å². The molecule has 0 unspecified atom stereocenters. The summed E-state index contributed by atoms with van der Waals surface area (Å²) in [6.07, 6.45) is -4.62. The first kappa shape index (κ1) is 14.1. The molecule has 0 aromatic carbocycles. The Hall–Kier alpha value is -1.35. The second kappa shape index (κ2) is 4.97. The topological polar surface area (TPSA) is 65.5 Å². The molecule has 0 saturated carbocycles. The number of thiazole rings is 1. The SMILES string of the molecule is C[C@@H]1CN(c2sc(C(F)(F)F)nc2C(=O)O)CCN1. The number of piperazine rings is 1. The molecule has 2 heterocycles. The smallest absolute Gasteiger partial charge is 0.443 e. The third-order valence-electron chi connectivity index (χ3n) is 2.71. The molecule has 1 aromatic heterocycles. The lowest BCUT2D eigenvalue weighted by atomic mass is 10.2. The van der Waals surface area contributed by atoms with Gasteiger partial charge in [0, 0.05) is 25.7 Å². The Morgan fingerprint density at radius 2 is 2.26 bits per heavy atom. The summed E-state index contributed by atoms with van der Waals surface area (Å²) in [5.74, 6) is -1.44. The zero-order chi connectivity index (χ0) is 14.2. The van der Waals surface area contributed by atoms with E-state index < -0.39 is 22.8 Å². The van der Waals surface area contributed by atoms with Gasteiger partial charge in [-0.3, -0.25) is 0 Å². The Morgan fingerprint density at radius 1 is 1.58 bits per heavy atom. The molecule has 0 aliphatic carbocycles. The summed E-state index contributed by atoms with van der Waals surface area (Å²) in [4.78, 5) is 15.9. The first-order chi connectivity index (χ1) is 8.79. The molecule has 0 amide bonds. The lowest BCUT2D eigenvalue weighted by Gasteiger charge is -2.32. The summed E-state index contributed by atoms with van der Waals surface area (Å²) in [7, 11) is 0. The number of carboxylic acid groups (broad SMARTS) is 1. The van der Waals surface area contributed by atoms with Crippen molar-refractivity contribution in [3.63, 3.8) is 0 Å². The van der Waals surface area contributed by atoms with Gasteiger partial charge in [-0.05, 0) is 6.92 Å². The number of hydrogen-bond donors (Lipinski definition) is 2. The van der Waals surface area contributed by atoms with Crippen molar-refractivity contribution in [1.82, 2.24) is 10.3 Å². The van der Waals surface area contributed by atoms with Crippen LogP contribution in [0, 0.1) is 0 Å².